The van der Waals surface area contributed by atoms with Crippen LogP contribution in [0.2, 0.25) is 0 Å². The summed E-state index contributed by atoms with van der Waals surface area (Å²) in [5.41, 5.74) is 0.445. The molecule has 1 saturated heterocycles. The molecule has 0 aliphatic carbocycles. The molecule has 2 rings (SSSR count). The van der Waals surface area contributed by atoms with E-state index in [1.165, 1.54) is 4.68 Å². The predicted octanol–water partition coefficient (Wildman–Crippen LogP) is 0.208. The molecule has 1 atom stereocenters. The number of nitro groups is 1. The highest BCUT2D eigenvalue weighted by molar-refractivity contribution is 5.61. The Morgan fingerprint density at radius 1 is 1.62 bits per heavy atom. The summed E-state index contributed by atoms with van der Waals surface area (Å²) < 4.78 is 1.51. The van der Waals surface area contributed by atoms with E-state index < -0.39 is 11.0 Å². The largest absolute Gasteiger partial charge is 0.391 e. The zero-order chi connectivity index (χ0) is 11.9. The Kier molecular flexibility index (Phi) is 2.55. The molecular weight excluding hydrogens is 212 g/mol. The Morgan fingerprint density at radius 3 is 2.81 bits per heavy atom. The van der Waals surface area contributed by atoms with Crippen molar-refractivity contribution in [1.82, 2.24) is 9.78 Å². The topological polar surface area (TPSA) is 84.4 Å². The van der Waals surface area contributed by atoms with E-state index >= 15 is 0 Å². The van der Waals surface area contributed by atoms with Gasteiger partial charge in [0.05, 0.1) is 11.0 Å². The number of rotatable bonds is 2. The van der Waals surface area contributed by atoms with Crippen molar-refractivity contribution in [2.45, 2.75) is 19.4 Å². The quantitative estimate of drug-likeness (QED) is 0.575. The van der Waals surface area contributed by atoms with E-state index in [0.29, 0.717) is 31.0 Å². The Balaban J connectivity index is 2.43. The average Bonchev–Trinajstić information content (AvgIpc) is 2.69. The van der Waals surface area contributed by atoms with Crippen molar-refractivity contribution in [3.05, 3.63) is 15.8 Å². The van der Waals surface area contributed by atoms with Crippen molar-refractivity contribution >= 4 is 11.5 Å². The standard InChI is InChI=1S/C9H14N4O3/c1-6-8(13(15)16)9(11(2)10-6)12-4-3-7(14)5-12/h7,14H,3-5H2,1-2H3. The van der Waals surface area contributed by atoms with Crippen molar-refractivity contribution in [3.8, 4) is 0 Å². The molecule has 1 N–H and O–H groups in total. The third-order valence-electron chi connectivity index (χ3n) is 2.81. The summed E-state index contributed by atoms with van der Waals surface area (Å²) in [6.45, 7) is 2.68. The fourth-order valence-corrected chi connectivity index (χ4v) is 2.14. The summed E-state index contributed by atoms with van der Waals surface area (Å²) in [4.78, 5) is 12.4. The molecule has 1 aromatic rings. The number of aliphatic hydroxyl groups is 1. The van der Waals surface area contributed by atoms with Gasteiger partial charge in [-0.3, -0.25) is 10.1 Å². The van der Waals surface area contributed by atoms with Crippen LogP contribution < -0.4 is 4.90 Å². The molecule has 1 aliphatic rings. The lowest BCUT2D eigenvalue weighted by Crippen LogP contribution is -2.24. The Hall–Kier alpha value is -1.63. The van der Waals surface area contributed by atoms with Gasteiger partial charge in [-0.05, 0) is 13.3 Å². The van der Waals surface area contributed by atoms with E-state index in [0.717, 1.165) is 0 Å². The SMILES string of the molecule is Cc1nn(C)c(N2CCC(O)C2)c1[N+](=O)[O-]. The molecule has 1 unspecified atom stereocenters. The first-order chi connectivity index (χ1) is 7.50. The fraction of sp³-hybridized carbons (Fsp3) is 0.667. The van der Waals surface area contributed by atoms with E-state index in [1.807, 2.05) is 4.90 Å². The molecule has 1 aliphatic heterocycles. The number of hydrogen-bond acceptors (Lipinski definition) is 5. The fourth-order valence-electron chi connectivity index (χ4n) is 2.14. The van der Waals surface area contributed by atoms with E-state index in [1.54, 1.807) is 14.0 Å². The third kappa shape index (κ3) is 1.63. The second-order valence-corrected chi connectivity index (χ2v) is 4.03. The van der Waals surface area contributed by atoms with Gasteiger partial charge in [0, 0.05) is 20.1 Å². The maximum absolute atomic E-state index is 11.0. The zero-order valence-corrected chi connectivity index (χ0v) is 9.25. The minimum absolute atomic E-state index is 0.0385. The van der Waals surface area contributed by atoms with Crippen LogP contribution in [0, 0.1) is 17.0 Å². The molecule has 0 aromatic carbocycles. The maximum atomic E-state index is 11.0. The van der Waals surface area contributed by atoms with Gasteiger partial charge >= 0.3 is 5.69 Å². The Labute approximate surface area is 92.4 Å². The number of hydrogen-bond donors (Lipinski definition) is 1. The van der Waals surface area contributed by atoms with Gasteiger partial charge in [-0.25, -0.2) is 4.68 Å². The summed E-state index contributed by atoms with van der Waals surface area (Å²) in [6.07, 6.45) is 0.233. The summed E-state index contributed by atoms with van der Waals surface area (Å²) in [5.74, 6) is 0.485. The Morgan fingerprint density at radius 2 is 2.31 bits per heavy atom. The molecule has 0 spiro atoms. The van der Waals surface area contributed by atoms with Crippen molar-refractivity contribution in [2.75, 3.05) is 18.0 Å². The van der Waals surface area contributed by atoms with Crippen LogP contribution in [-0.4, -0.2) is 39.0 Å². The summed E-state index contributed by atoms with van der Waals surface area (Å²) in [5, 5.41) is 24.5. The molecule has 0 amide bonds. The highest BCUT2D eigenvalue weighted by Gasteiger charge is 2.32. The number of aliphatic hydroxyl groups excluding tert-OH is 1. The minimum Gasteiger partial charge on any atom is -0.391 e. The molecule has 1 aromatic heterocycles. The van der Waals surface area contributed by atoms with Crippen molar-refractivity contribution in [1.29, 1.82) is 0 Å². The first kappa shape index (κ1) is 10.9. The van der Waals surface area contributed by atoms with Crippen LogP contribution >= 0.6 is 0 Å². The lowest BCUT2D eigenvalue weighted by molar-refractivity contribution is -0.384. The normalized spacial score (nSPS) is 20.4. The average molecular weight is 226 g/mol. The number of anilines is 1. The van der Waals surface area contributed by atoms with Gasteiger partial charge in [-0.15, -0.1) is 0 Å². The van der Waals surface area contributed by atoms with Gasteiger partial charge in [-0.1, -0.05) is 0 Å². The van der Waals surface area contributed by atoms with Crippen LogP contribution in [0.1, 0.15) is 12.1 Å². The minimum atomic E-state index is -0.414. The summed E-state index contributed by atoms with van der Waals surface area (Å²) in [7, 11) is 1.68. The van der Waals surface area contributed by atoms with Crippen molar-refractivity contribution in [3.63, 3.8) is 0 Å². The lowest BCUT2D eigenvalue weighted by Gasteiger charge is -2.16. The molecule has 0 radical (unpaired) electrons. The third-order valence-corrected chi connectivity index (χ3v) is 2.81. The Bertz CT molecular complexity index is 429. The van der Waals surface area contributed by atoms with Crippen LogP contribution in [-0.2, 0) is 7.05 Å². The molecule has 7 nitrogen and oxygen atoms in total. The van der Waals surface area contributed by atoms with Gasteiger partial charge in [0.25, 0.3) is 0 Å². The number of nitrogens with zero attached hydrogens (tertiary/aromatic N) is 4. The highest BCUT2D eigenvalue weighted by atomic mass is 16.6. The van der Waals surface area contributed by atoms with Crippen LogP contribution in [0.3, 0.4) is 0 Å². The van der Waals surface area contributed by atoms with E-state index in [-0.39, 0.29) is 5.69 Å². The molecule has 1 fully saturated rings. The number of aromatic nitrogens is 2. The van der Waals surface area contributed by atoms with Gasteiger partial charge in [0.2, 0.25) is 5.82 Å². The van der Waals surface area contributed by atoms with Gasteiger partial charge in [-0.2, -0.15) is 5.10 Å². The van der Waals surface area contributed by atoms with Gasteiger partial charge < -0.3 is 10.0 Å². The molecule has 16 heavy (non-hydrogen) atoms. The van der Waals surface area contributed by atoms with E-state index in [9.17, 15) is 15.2 Å². The van der Waals surface area contributed by atoms with Gasteiger partial charge in [0.15, 0.2) is 0 Å². The molecule has 0 saturated carbocycles. The first-order valence-corrected chi connectivity index (χ1v) is 5.11. The van der Waals surface area contributed by atoms with Crippen LogP contribution in [0.15, 0.2) is 0 Å². The second kappa shape index (κ2) is 3.75. The van der Waals surface area contributed by atoms with Crippen molar-refractivity contribution in [2.24, 2.45) is 7.05 Å². The lowest BCUT2D eigenvalue weighted by atomic mass is 10.3. The van der Waals surface area contributed by atoms with Crippen LogP contribution in [0.4, 0.5) is 11.5 Å². The van der Waals surface area contributed by atoms with Gasteiger partial charge in [0.1, 0.15) is 5.69 Å². The predicted molar refractivity (Wildman–Crippen MR) is 57.4 cm³/mol. The second-order valence-electron chi connectivity index (χ2n) is 4.03. The molecular formula is C9H14N4O3. The summed E-state index contributed by atoms with van der Waals surface area (Å²) >= 11 is 0. The highest BCUT2D eigenvalue weighted by Crippen LogP contribution is 2.32. The smallest absolute Gasteiger partial charge is 0.333 e. The number of aryl methyl sites for hydroxylation is 2. The molecule has 88 valence electrons. The summed E-state index contributed by atoms with van der Waals surface area (Å²) in [6, 6.07) is 0. The molecule has 7 heteroatoms. The molecule has 2 heterocycles. The van der Waals surface area contributed by atoms with Crippen LogP contribution in [0.5, 0.6) is 0 Å². The zero-order valence-electron chi connectivity index (χ0n) is 9.25. The number of β-amino-alcohol motifs (C(OH)–C–C–N with tert-alkyl or cyclic N) is 1. The van der Waals surface area contributed by atoms with Crippen LogP contribution in [0.25, 0.3) is 0 Å². The van der Waals surface area contributed by atoms with E-state index in [2.05, 4.69) is 5.10 Å². The molecule has 0 bridgehead atoms. The monoisotopic (exact) mass is 226 g/mol. The van der Waals surface area contributed by atoms with Crippen molar-refractivity contribution < 1.29 is 10.0 Å². The first-order valence-electron chi connectivity index (χ1n) is 5.11. The van der Waals surface area contributed by atoms with E-state index in [4.69, 9.17) is 0 Å². The maximum Gasteiger partial charge on any atom is 0.333 e.